The molecule has 0 fully saturated rings. The molecule has 0 spiro atoms. The van der Waals surface area contributed by atoms with E-state index >= 15 is 0 Å². The molecule has 2 aromatic rings. The Morgan fingerprint density at radius 3 is 2.82 bits per heavy atom. The lowest BCUT2D eigenvalue weighted by Crippen LogP contribution is -2.05. The smallest absolute Gasteiger partial charge is 0.0659 e. The summed E-state index contributed by atoms with van der Waals surface area (Å²) >= 11 is 0. The van der Waals surface area contributed by atoms with Crippen molar-refractivity contribution in [3.05, 3.63) is 52.8 Å². The topological polar surface area (TPSA) is 29.9 Å². The second-order valence-electron chi connectivity index (χ2n) is 4.46. The highest BCUT2D eigenvalue weighted by Crippen LogP contribution is 2.09. The number of benzene rings is 1. The van der Waals surface area contributed by atoms with E-state index in [4.69, 9.17) is 0 Å². The fourth-order valence-corrected chi connectivity index (χ4v) is 2.00. The van der Waals surface area contributed by atoms with Gasteiger partial charge in [-0.1, -0.05) is 29.8 Å². The van der Waals surface area contributed by atoms with Crippen molar-refractivity contribution >= 4 is 0 Å². The molecule has 3 nitrogen and oxygen atoms in total. The average Bonchev–Trinajstić information content (AvgIpc) is 2.60. The standard InChI is InChI=1S/C14H19N3/c1-11-5-4-6-13(7-11)9-17-10-14(8-15-3)12(2)16-17/h4-7,10,15H,8-9H2,1-3H3. The molecule has 0 aliphatic rings. The van der Waals surface area contributed by atoms with Gasteiger partial charge in [0.25, 0.3) is 0 Å². The van der Waals surface area contributed by atoms with Crippen LogP contribution in [0.1, 0.15) is 22.4 Å². The third-order valence-electron chi connectivity index (χ3n) is 2.84. The van der Waals surface area contributed by atoms with E-state index in [-0.39, 0.29) is 0 Å². The Morgan fingerprint density at radius 2 is 2.12 bits per heavy atom. The number of nitrogens with zero attached hydrogens (tertiary/aromatic N) is 2. The molecule has 0 atom stereocenters. The van der Waals surface area contributed by atoms with E-state index in [1.54, 1.807) is 0 Å². The zero-order valence-corrected chi connectivity index (χ0v) is 10.7. The Balaban J connectivity index is 2.16. The summed E-state index contributed by atoms with van der Waals surface area (Å²) in [5.74, 6) is 0. The van der Waals surface area contributed by atoms with Crippen LogP contribution in [0.3, 0.4) is 0 Å². The summed E-state index contributed by atoms with van der Waals surface area (Å²) in [7, 11) is 1.96. The lowest BCUT2D eigenvalue weighted by Gasteiger charge is -2.02. The Bertz CT molecular complexity index is 500. The minimum Gasteiger partial charge on any atom is -0.316 e. The van der Waals surface area contributed by atoms with Crippen LogP contribution in [0.2, 0.25) is 0 Å². The fourth-order valence-electron chi connectivity index (χ4n) is 2.00. The maximum absolute atomic E-state index is 4.53. The summed E-state index contributed by atoms with van der Waals surface area (Å²) < 4.78 is 2.01. The first-order chi connectivity index (χ1) is 8.19. The summed E-state index contributed by atoms with van der Waals surface area (Å²) in [6.07, 6.45) is 2.12. The van der Waals surface area contributed by atoms with Gasteiger partial charge < -0.3 is 5.32 Å². The summed E-state index contributed by atoms with van der Waals surface area (Å²) in [5.41, 5.74) is 4.96. The zero-order valence-electron chi connectivity index (χ0n) is 10.7. The highest BCUT2D eigenvalue weighted by molar-refractivity contribution is 5.23. The highest BCUT2D eigenvalue weighted by atomic mass is 15.3. The molecule has 1 N–H and O–H groups in total. The van der Waals surface area contributed by atoms with Crippen LogP contribution in [0, 0.1) is 13.8 Å². The van der Waals surface area contributed by atoms with Crippen LogP contribution >= 0.6 is 0 Å². The van der Waals surface area contributed by atoms with E-state index in [1.807, 2.05) is 11.7 Å². The SMILES string of the molecule is CNCc1cn(Cc2cccc(C)c2)nc1C. The van der Waals surface area contributed by atoms with Gasteiger partial charge in [-0.25, -0.2) is 0 Å². The number of nitrogens with one attached hydrogen (secondary N) is 1. The van der Waals surface area contributed by atoms with Gasteiger partial charge in [0, 0.05) is 18.3 Å². The lowest BCUT2D eigenvalue weighted by molar-refractivity contribution is 0.678. The van der Waals surface area contributed by atoms with Gasteiger partial charge in [0.15, 0.2) is 0 Å². The number of hydrogen-bond acceptors (Lipinski definition) is 2. The van der Waals surface area contributed by atoms with E-state index in [0.717, 1.165) is 18.8 Å². The zero-order chi connectivity index (χ0) is 12.3. The fraction of sp³-hybridized carbons (Fsp3) is 0.357. The van der Waals surface area contributed by atoms with Crippen molar-refractivity contribution < 1.29 is 0 Å². The number of aromatic nitrogens is 2. The first-order valence-electron chi connectivity index (χ1n) is 5.92. The van der Waals surface area contributed by atoms with Gasteiger partial charge in [-0.3, -0.25) is 4.68 Å². The predicted octanol–water partition coefficient (Wildman–Crippen LogP) is 2.27. The molecule has 3 heteroatoms. The van der Waals surface area contributed by atoms with Gasteiger partial charge in [-0.05, 0) is 26.5 Å². The quantitative estimate of drug-likeness (QED) is 0.871. The highest BCUT2D eigenvalue weighted by Gasteiger charge is 2.04. The molecule has 17 heavy (non-hydrogen) atoms. The first-order valence-corrected chi connectivity index (χ1v) is 5.92. The Labute approximate surface area is 102 Å². The van der Waals surface area contributed by atoms with Crippen LogP contribution in [0.5, 0.6) is 0 Å². The number of hydrogen-bond donors (Lipinski definition) is 1. The van der Waals surface area contributed by atoms with Gasteiger partial charge >= 0.3 is 0 Å². The van der Waals surface area contributed by atoms with Crippen LogP contribution in [0.4, 0.5) is 0 Å². The van der Waals surface area contributed by atoms with Crippen molar-refractivity contribution in [3.8, 4) is 0 Å². The van der Waals surface area contributed by atoms with Crippen LogP contribution in [-0.4, -0.2) is 16.8 Å². The maximum atomic E-state index is 4.53. The molecule has 2 rings (SSSR count). The predicted molar refractivity (Wildman–Crippen MR) is 70.0 cm³/mol. The van der Waals surface area contributed by atoms with Gasteiger partial charge in [0.05, 0.1) is 12.2 Å². The Morgan fingerprint density at radius 1 is 1.29 bits per heavy atom. The van der Waals surface area contributed by atoms with E-state index in [2.05, 4.69) is 54.7 Å². The van der Waals surface area contributed by atoms with Crippen molar-refractivity contribution in [2.45, 2.75) is 26.9 Å². The minimum atomic E-state index is 0.840. The van der Waals surface area contributed by atoms with Crippen molar-refractivity contribution in [1.82, 2.24) is 15.1 Å². The average molecular weight is 229 g/mol. The molecule has 0 aliphatic heterocycles. The molecular weight excluding hydrogens is 210 g/mol. The van der Waals surface area contributed by atoms with Crippen molar-refractivity contribution in [2.75, 3.05) is 7.05 Å². The summed E-state index contributed by atoms with van der Waals surface area (Å²) in [4.78, 5) is 0. The molecule has 1 aromatic heterocycles. The van der Waals surface area contributed by atoms with E-state index in [1.165, 1.54) is 16.7 Å². The summed E-state index contributed by atoms with van der Waals surface area (Å²) in [5, 5.41) is 7.69. The molecule has 0 aliphatic carbocycles. The molecule has 1 heterocycles. The van der Waals surface area contributed by atoms with Crippen molar-refractivity contribution in [1.29, 1.82) is 0 Å². The van der Waals surface area contributed by atoms with Gasteiger partial charge in [-0.2, -0.15) is 5.10 Å². The van der Waals surface area contributed by atoms with Crippen LogP contribution in [0.25, 0.3) is 0 Å². The molecule has 0 radical (unpaired) electrons. The molecule has 0 amide bonds. The molecule has 90 valence electrons. The molecule has 0 bridgehead atoms. The monoisotopic (exact) mass is 229 g/mol. The molecule has 0 saturated carbocycles. The second-order valence-corrected chi connectivity index (χ2v) is 4.46. The molecular formula is C14H19N3. The first kappa shape index (κ1) is 11.9. The second kappa shape index (κ2) is 5.15. The lowest BCUT2D eigenvalue weighted by atomic mass is 10.1. The van der Waals surface area contributed by atoms with E-state index in [9.17, 15) is 0 Å². The Kier molecular flexibility index (Phi) is 3.59. The third-order valence-corrected chi connectivity index (χ3v) is 2.84. The van der Waals surface area contributed by atoms with Gasteiger partial charge in [0.1, 0.15) is 0 Å². The Hall–Kier alpha value is -1.61. The van der Waals surface area contributed by atoms with E-state index in [0.29, 0.717) is 0 Å². The van der Waals surface area contributed by atoms with Crippen molar-refractivity contribution in [2.24, 2.45) is 0 Å². The van der Waals surface area contributed by atoms with Gasteiger partial charge in [-0.15, -0.1) is 0 Å². The van der Waals surface area contributed by atoms with Gasteiger partial charge in [0.2, 0.25) is 0 Å². The van der Waals surface area contributed by atoms with Crippen LogP contribution in [-0.2, 0) is 13.1 Å². The maximum Gasteiger partial charge on any atom is 0.0659 e. The van der Waals surface area contributed by atoms with Crippen LogP contribution < -0.4 is 5.32 Å². The normalized spacial score (nSPS) is 10.8. The molecule has 1 aromatic carbocycles. The summed E-state index contributed by atoms with van der Waals surface area (Å²) in [6.45, 7) is 5.88. The largest absolute Gasteiger partial charge is 0.316 e. The molecule has 0 unspecified atom stereocenters. The summed E-state index contributed by atoms with van der Waals surface area (Å²) in [6, 6.07) is 8.55. The molecule has 0 saturated heterocycles. The van der Waals surface area contributed by atoms with E-state index < -0.39 is 0 Å². The van der Waals surface area contributed by atoms with Crippen molar-refractivity contribution in [3.63, 3.8) is 0 Å². The van der Waals surface area contributed by atoms with Crippen LogP contribution in [0.15, 0.2) is 30.5 Å². The number of rotatable bonds is 4. The minimum absolute atomic E-state index is 0.840. The number of aryl methyl sites for hydroxylation is 2. The third kappa shape index (κ3) is 2.94.